The topological polar surface area (TPSA) is 104 Å². The quantitative estimate of drug-likeness (QED) is 0.359. The number of carbonyl (C=O) groups excluding carboxylic acids is 2. The summed E-state index contributed by atoms with van der Waals surface area (Å²) in [6, 6.07) is 5.40. The lowest BCUT2D eigenvalue weighted by molar-refractivity contribution is -0.385. The van der Waals surface area contributed by atoms with E-state index in [1.54, 1.807) is 6.07 Å². The largest absolute Gasteiger partial charge is 0.347 e. The Bertz CT molecular complexity index is 622. The van der Waals surface area contributed by atoms with E-state index in [0.29, 0.717) is 4.47 Å². The van der Waals surface area contributed by atoms with Crippen LogP contribution >= 0.6 is 15.9 Å². The van der Waals surface area contributed by atoms with Crippen molar-refractivity contribution in [2.24, 2.45) is 5.92 Å². The zero-order valence-corrected chi connectivity index (χ0v) is 12.2. The van der Waals surface area contributed by atoms with Gasteiger partial charge in [0.1, 0.15) is 0 Å². The van der Waals surface area contributed by atoms with Crippen molar-refractivity contribution in [1.29, 1.82) is 5.26 Å². The number of nitrogens with zero attached hydrogens (tertiary/aromatic N) is 3. The number of amides is 1. The molecule has 0 N–H and O–H groups in total. The number of Topliss-reactive ketones (excluding diaryl/α,β-unsaturated/α-hetero) is 1. The van der Waals surface area contributed by atoms with Crippen LogP contribution in [0.2, 0.25) is 0 Å². The van der Waals surface area contributed by atoms with Crippen LogP contribution in [0, 0.1) is 27.4 Å². The van der Waals surface area contributed by atoms with Crippen LogP contribution in [0.15, 0.2) is 22.7 Å². The van der Waals surface area contributed by atoms with Gasteiger partial charge in [-0.3, -0.25) is 19.7 Å². The number of nitro benzene ring substituents is 1. The molecule has 8 heteroatoms. The summed E-state index contributed by atoms with van der Waals surface area (Å²) in [5, 5.41) is 19.9. The number of nitro groups is 1. The standard InChI is InChI=1S/C12H10BrN3O4/c1-15(2)12(18)9(6-14)11(17)8-4-3-7(13)5-10(8)16(19)20/h3-5,9H,1-2H3. The Morgan fingerprint density at radius 1 is 1.45 bits per heavy atom. The molecule has 104 valence electrons. The first-order valence-corrected chi connectivity index (χ1v) is 6.17. The first-order valence-electron chi connectivity index (χ1n) is 5.38. The number of rotatable bonds is 4. The second kappa shape index (κ2) is 6.25. The zero-order chi connectivity index (χ0) is 15.4. The first kappa shape index (κ1) is 15.8. The normalized spacial score (nSPS) is 11.3. The Kier molecular flexibility index (Phi) is 4.94. The Hall–Kier alpha value is -2.27. The molecule has 0 spiro atoms. The van der Waals surface area contributed by atoms with E-state index < -0.39 is 28.2 Å². The van der Waals surface area contributed by atoms with E-state index in [4.69, 9.17) is 5.26 Å². The lowest BCUT2D eigenvalue weighted by Crippen LogP contribution is -2.34. The van der Waals surface area contributed by atoms with E-state index in [2.05, 4.69) is 15.9 Å². The summed E-state index contributed by atoms with van der Waals surface area (Å²) in [6.45, 7) is 0. The minimum atomic E-state index is -1.59. The number of carbonyl (C=O) groups is 2. The predicted molar refractivity (Wildman–Crippen MR) is 72.9 cm³/mol. The molecule has 1 atom stereocenters. The van der Waals surface area contributed by atoms with Gasteiger partial charge in [0.2, 0.25) is 5.91 Å². The molecule has 1 amide bonds. The van der Waals surface area contributed by atoms with Gasteiger partial charge in [-0.2, -0.15) is 5.26 Å². The molecule has 0 aliphatic heterocycles. The van der Waals surface area contributed by atoms with Crippen LogP contribution in [-0.2, 0) is 4.79 Å². The van der Waals surface area contributed by atoms with Crippen LogP contribution in [0.1, 0.15) is 10.4 Å². The predicted octanol–water partition coefficient (Wildman–Crippen LogP) is 1.77. The SMILES string of the molecule is CN(C)C(=O)C(C#N)C(=O)c1ccc(Br)cc1[N+](=O)[O-]. The number of hydrogen-bond donors (Lipinski definition) is 0. The van der Waals surface area contributed by atoms with E-state index >= 15 is 0 Å². The first-order chi connectivity index (χ1) is 9.29. The second-order valence-corrected chi connectivity index (χ2v) is 4.99. The molecular weight excluding hydrogens is 330 g/mol. The van der Waals surface area contributed by atoms with Gasteiger partial charge < -0.3 is 4.90 Å². The highest BCUT2D eigenvalue weighted by Crippen LogP contribution is 2.26. The zero-order valence-electron chi connectivity index (χ0n) is 10.7. The average Bonchev–Trinajstić information content (AvgIpc) is 2.38. The van der Waals surface area contributed by atoms with Gasteiger partial charge in [0.25, 0.3) is 5.69 Å². The number of ketones is 1. The Morgan fingerprint density at radius 2 is 2.05 bits per heavy atom. The fourth-order valence-corrected chi connectivity index (χ4v) is 1.85. The maximum Gasteiger partial charge on any atom is 0.281 e. The fraction of sp³-hybridized carbons (Fsp3) is 0.250. The third-order valence-electron chi connectivity index (χ3n) is 2.50. The van der Waals surface area contributed by atoms with Crippen molar-refractivity contribution in [2.75, 3.05) is 14.1 Å². The van der Waals surface area contributed by atoms with E-state index in [1.165, 1.54) is 26.2 Å². The third-order valence-corrected chi connectivity index (χ3v) is 2.99. The Balaban J connectivity index is 3.31. The van der Waals surface area contributed by atoms with Gasteiger partial charge in [-0.1, -0.05) is 15.9 Å². The van der Waals surface area contributed by atoms with Crippen molar-refractivity contribution in [3.05, 3.63) is 38.3 Å². The molecule has 1 rings (SSSR count). The molecule has 0 aliphatic rings. The minimum absolute atomic E-state index is 0.264. The van der Waals surface area contributed by atoms with Gasteiger partial charge >= 0.3 is 0 Å². The molecule has 0 saturated heterocycles. The van der Waals surface area contributed by atoms with Crippen molar-refractivity contribution >= 4 is 33.3 Å². The number of hydrogen-bond acceptors (Lipinski definition) is 5. The molecule has 1 aromatic carbocycles. The van der Waals surface area contributed by atoms with Gasteiger partial charge in [0.05, 0.1) is 16.6 Å². The summed E-state index contributed by atoms with van der Waals surface area (Å²) >= 11 is 3.06. The van der Waals surface area contributed by atoms with Crippen molar-refractivity contribution < 1.29 is 14.5 Å². The maximum atomic E-state index is 12.2. The summed E-state index contributed by atoms with van der Waals surface area (Å²) in [5.74, 6) is -3.19. The van der Waals surface area contributed by atoms with E-state index in [1.807, 2.05) is 0 Å². The molecule has 0 aromatic heterocycles. The summed E-state index contributed by atoms with van der Waals surface area (Å²) < 4.78 is 0.424. The molecule has 0 aliphatic carbocycles. The molecule has 0 radical (unpaired) electrons. The molecule has 7 nitrogen and oxygen atoms in total. The summed E-state index contributed by atoms with van der Waals surface area (Å²) in [6.07, 6.45) is 0. The lowest BCUT2D eigenvalue weighted by atomic mass is 9.96. The number of halogens is 1. The van der Waals surface area contributed by atoms with Crippen LogP contribution in [0.4, 0.5) is 5.69 Å². The van der Waals surface area contributed by atoms with Crippen LogP contribution in [0.5, 0.6) is 0 Å². The maximum absolute atomic E-state index is 12.2. The molecule has 0 saturated carbocycles. The highest BCUT2D eigenvalue weighted by molar-refractivity contribution is 9.10. The van der Waals surface area contributed by atoms with Crippen molar-refractivity contribution in [2.45, 2.75) is 0 Å². The molecule has 0 bridgehead atoms. The van der Waals surface area contributed by atoms with Crippen molar-refractivity contribution in [3.8, 4) is 6.07 Å². The Morgan fingerprint density at radius 3 is 2.50 bits per heavy atom. The van der Waals surface area contributed by atoms with Crippen LogP contribution in [-0.4, -0.2) is 35.6 Å². The van der Waals surface area contributed by atoms with Crippen LogP contribution in [0.3, 0.4) is 0 Å². The minimum Gasteiger partial charge on any atom is -0.347 e. The monoisotopic (exact) mass is 339 g/mol. The fourth-order valence-electron chi connectivity index (χ4n) is 1.50. The number of benzene rings is 1. The third kappa shape index (κ3) is 3.19. The van der Waals surface area contributed by atoms with Gasteiger partial charge in [0.15, 0.2) is 11.7 Å². The molecule has 0 heterocycles. The molecule has 20 heavy (non-hydrogen) atoms. The van der Waals surface area contributed by atoms with Gasteiger partial charge in [-0.25, -0.2) is 0 Å². The Labute approximate surface area is 123 Å². The molecule has 0 fully saturated rings. The highest BCUT2D eigenvalue weighted by Gasteiger charge is 2.33. The van der Waals surface area contributed by atoms with E-state index in [9.17, 15) is 19.7 Å². The van der Waals surface area contributed by atoms with Crippen molar-refractivity contribution in [1.82, 2.24) is 4.90 Å². The summed E-state index contributed by atoms with van der Waals surface area (Å²) in [5.41, 5.74) is -0.712. The van der Waals surface area contributed by atoms with E-state index in [-0.39, 0.29) is 5.56 Å². The lowest BCUT2D eigenvalue weighted by Gasteiger charge is -2.14. The van der Waals surface area contributed by atoms with Gasteiger partial charge in [-0.05, 0) is 12.1 Å². The van der Waals surface area contributed by atoms with Crippen molar-refractivity contribution in [3.63, 3.8) is 0 Å². The summed E-state index contributed by atoms with van der Waals surface area (Å²) in [7, 11) is 2.80. The van der Waals surface area contributed by atoms with E-state index in [0.717, 1.165) is 11.0 Å². The molecular formula is C12H10BrN3O4. The number of nitriles is 1. The van der Waals surface area contributed by atoms with Gasteiger partial charge in [-0.15, -0.1) is 0 Å². The second-order valence-electron chi connectivity index (χ2n) is 4.08. The van der Waals surface area contributed by atoms with Gasteiger partial charge in [0, 0.05) is 24.6 Å². The summed E-state index contributed by atoms with van der Waals surface area (Å²) in [4.78, 5) is 35.2. The molecule has 1 unspecified atom stereocenters. The average molecular weight is 340 g/mol. The van der Waals surface area contributed by atoms with Crippen LogP contribution in [0.25, 0.3) is 0 Å². The smallest absolute Gasteiger partial charge is 0.281 e. The molecule has 1 aromatic rings. The highest BCUT2D eigenvalue weighted by atomic mass is 79.9. The van der Waals surface area contributed by atoms with Crippen LogP contribution < -0.4 is 0 Å².